The lowest BCUT2D eigenvalue weighted by molar-refractivity contribution is 1.12. The average Bonchev–Trinajstić information content (AvgIpc) is 2.80. The Bertz CT molecular complexity index is 759. The lowest BCUT2D eigenvalue weighted by Gasteiger charge is -1.98. The van der Waals surface area contributed by atoms with Gasteiger partial charge in [-0.25, -0.2) is 9.97 Å². The van der Waals surface area contributed by atoms with Crippen molar-refractivity contribution in [2.75, 3.05) is 0 Å². The summed E-state index contributed by atoms with van der Waals surface area (Å²) in [6, 6.07) is 13.3. The zero-order valence-corrected chi connectivity index (χ0v) is 11.9. The van der Waals surface area contributed by atoms with Crippen LogP contribution in [0.4, 0.5) is 0 Å². The van der Waals surface area contributed by atoms with Crippen molar-refractivity contribution in [3.05, 3.63) is 47.1 Å². The van der Waals surface area contributed by atoms with Gasteiger partial charge in [-0.1, -0.05) is 23.7 Å². The molecule has 1 aromatic carbocycles. The van der Waals surface area contributed by atoms with E-state index in [1.54, 1.807) is 23.5 Å². The number of rotatable bonds is 2. The first-order valence-corrected chi connectivity index (χ1v) is 7.37. The Kier molecular flexibility index (Phi) is 3.38. The third kappa shape index (κ3) is 2.71. The molecule has 0 fully saturated rings. The van der Waals surface area contributed by atoms with Gasteiger partial charge >= 0.3 is 0 Å². The first kappa shape index (κ1) is 12.4. The number of fused-ring (bicyclic) bond motifs is 1. The molecule has 2 aromatic heterocycles. The Hall–Kier alpha value is -1.61. The number of nitrogens with zero attached hydrogens (tertiary/aromatic N) is 3. The van der Waals surface area contributed by atoms with Crippen molar-refractivity contribution in [3.8, 4) is 6.07 Å². The van der Waals surface area contributed by atoms with Gasteiger partial charge in [0.1, 0.15) is 10.2 Å². The number of thiazole rings is 1. The standard InChI is InChI=1S/C13H6ClN3S2/c14-11-5-8(7-15)6-12(17-11)19-13-16-9-3-1-2-4-10(9)18-13/h1-6H. The van der Waals surface area contributed by atoms with Crippen LogP contribution in [0.5, 0.6) is 0 Å². The minimum absolute atomic E-state index is 0.322. The van der Waals surface area contributed by atoms with Crippen LogP contribution in [0.1, 0.15) is 5.56 Å². The second kappa shape index (κ2) is 5.17. The fourth-order valence-electron chi connectivity index (χ4n) is 1.57. The maximum absolute atomic E-state index is 8.91. The van der Waals surface area contributed by atoms with Crippen molar-refractivity contribution in [3.63, 3.8) is 0 Å². The summed E-state index contributed by atoms with van der Waals surface area (Å²) in [4.78, 5) is 8.70. The van der Waals surface area contributed by atoms with E-state index >= 15 is 0 Å². The normalized spacial score (nSPS) is 10.5. The van der Waals surface area contributed by atoms with E-state index in [-0.39, 0.29) is 0 Å². The number of para-hydroxylation sites is 1. The molecule has 0 aliphatic heterocycles. The number of hydrogen-bond acceptors (Lipinski definition) is 5. The predicted molar refractivity (Wildman–Crippen MR) is 77.7 cm³/mol. The number of pyridine rings is 1. The average molecular weight is 304 g/mol. The van der Waals surface area contributed by atoms with Gasteiger partial charge in [0.05, 0.1) is 21.8 Å². The zero-order valence-electron chi connectivity index (χ0n) is 9.50. The molecule has 2 heterocycles. The van der Waals surface area contributed by atoms with Gasteiger partial charge in [-0.2, -0.15) is 5.26 Å². The lowest BCUT2D eigenvalue weighted by atomic mass is 10.3. The third-order valence-corrected chi connectivity index (χ3v) is 4.57. The van der Waals surface area contributed by atoms with Gasteiger partial charge in [0, 0.05) is 0 Å². The molecule has 0 spiro atoms. The van der Waals surface area contributed by atoms with Crippen LogP contribution in [0.3, 0.4) is 0 Å². The van der Waals surface area contributed by atoms with Crippen LogP contribution in [0.2, 0.25) is 5.15 Å². The summed E-state index contributed by atoms with van der Waals surface area (Å²) in [5, 5.41) is 9.91. The number of benzene rings is 1. The van der Waals surface area contributed by atoms with E-state index in [9.17, 15) is 0 Å². The molecule has 0 saturated heterocycles. The van der Waals surface area contributed by atoms with E-state index in [0.29, 0.717) is 15.7 Å². The molecule has 0 aliphatic rings. The van der Waals surface area contributed by atoms with Gasteiger partial charge in [0.2, 0.25) is 0 Å². The number of hydrogen-bond donors (Lipinski definition) is 0. The Morgan fingerprint density at radius 1 is 1.21 bits per heavy atom. The van der Waals surface area contributed by atoms with Crippen LogP contribution < -0.4 is 0 Å². The largest absolute Gasteiger partial charge is 0.229 e. The van der Waals surface area contributed by atoms with Crippen LogP contribution in [0, 0.1) is 11.3 Å². The molecule has 0 amide bonds. The summed E-state index contributed by atoms with van der Waals surface area (Å²) in [5.41, 5.74) is 1.47. The molecule has 0 atom stereocenters. The molecular formula is C13H6ClN3S2. The first-order valence-electron chi connectivity index (χ1n) is 5.36. The molecule has 19 heavy (non-hydrogen) atoms. The van der Waals surface area contributed by atoms with E-state index < -0.39 is 0 Å². The Labute approximate surface area is 122 Å². The maximum atomic E-state index is 8.91. The quantitative estimate of drug-likeness (QED) is 0.660. The highest BCUT2D eigenvalue weighted by molar-refractivity contribution is 8.01. The fourth-order valence-corrected chi connectivity index (χ4v) is 3.87. The molecule has 3 nitrogen and oxygen atoms in total. The predicted octanol–water partition coefficient (Wildman–Crippen LogP) is 4.37. The molecule has 3 rings (SSSR count). The van der Waals surface area contributed by atoms with Crippen molar-refractivity contribution >= 4 is 44.9 Å². The molecule has 0 radical (unpaired) electrons. The number of halogens is 1. The second-order valence-electron chi connectivity index (χ2n) is 3.68. The smallest absolute Gasteiger partial charge is 0.157 e. The minimum Gasteiger partial charge on any atom is -0.229 e. The van der Waals surface area contributed by atoms with Crippen LogP contribution in [0.25, 0.3) is 10.2 Å². The molecule has 0 N–H and O–H groups in total. The summed E-state index contributed by atoms with van der Waals surface area (Å²) >= 11 is 8.90. The van der Waals surface area contributed by atoms with Crippen molar-refractivity contribution in [1.29, 1.82) is 5.26 Å². The van der Waals surface area contributed by atoms with Gasteiger partial charge < -0.3 is 0 Å². The van der Waals surface area contributed by atoms with Gasteiger partial charge in [-0.3, -0.25) is 0 Å². The van der Waals surface area contributed by atoms with Crippen molar-refractivity contribution < 1.29 is 0 Å². The number of aromatic nitrogens is 2. The highest BCUT2D eigenvalue weighted by Crippen LogP contribution is 2.34. The van der Waals surface area contributed by atoms with Crippen molar-refractivity contribution in [2.24, 2.45) is 0 Å². The molecule has 0 saturated carbocycles. The zero-order chi connectivity index (χ0) is 13.2. The molecule has 3 aromatic rings. The summed E-state index contributed by atoms with van der Waals surface area (Å²) < 4.78 is 2.02. The molecule has 0 aliphatic carbocycles. The summed E-state index contributed by atoms with van der Waals surface area (Å²) in [7, 11) is 0. The monoisotopic (exact) mass is 303 g/mol. The van der Waals surface area contributed by atoms with E-state index in [0.717, 1.165) is 14.6 Å². The topological polar surface area (TPSA) is 49.6 Å². The van der Waals surface area contributed by atoms with E-state index in [4.69, 9.17) is 16.9 Å². The van der Waals surface area contributed by atoms with E-state index in [2.05, 4.69) is 16.0 Å². The highest BCUT2D eigenvalue weighted by Gasteiger charge is 2.08. The van der Waals surface area contributed by atoms with Crippen molar-refractivity contribution in [2.45, 2.75) is 9.37 Å². The third-order valence-electron chi connectivity index (χ3n) is 2.37. The molecule has 0 bridgehead atoms. The minimum atomic E-state index is 0.322. The van der Waals surface area contributed by atoms with Crippen LogP contribution in [-0.4, -0.2) is 9.97 Å². The van der Waals surface area contributed by atoms with E-state index in [1.165, 1.54) is 11.8 Å². The highest BCUT2D eigenvalue weighted by atomic mass is 35.5. The van der Waals surface area contributed by atoms with Gasteiger partial charge in [-0.05, 0) is 36.0 Å². The van der Waals surface area contributed by atoms with Gasteiger partial charge in [0.25, 0.3) is 0 Å². The molecule has 0 unspecified atom stereocenters. The SMILES string of the molecule is N#Cc1cc(Cl)nc(Sc2nc3ccccc3s2)c1. The molecule has 6 heteroatoms. The summed E-state index contributed by atoms with van der Waals surface area (Å²) in [6.45, 7) is 0. The Morgan fingerprint density at radius 2 is 2.05 bits per heavy atom. The maximum Gasteiger partial charge on any atom is 0.157 e. The number of nitriles is 1. The van der Waals surface area contributed by atoms with Gasteiger partial charge in [0.15, 0.2) is 4.34 Å². The molecular weight excluding hydrogens is 298 g/mol. The summed E-state index contributed by atoms with van der Waals surface area (Å²) in [6.07, 6.45) is 0. The lowest BCUT2D eigenvalue weighted by Crippen LogP contribution is -1.84. The van der Waals surface area contributed by atoms with Crippen LogP contribution in [-0.2, 0) is 0 Å². The second-order valence-corrected chi connectivity index (χ2v) is 6.36. The Balaban J connectivity index is 1.96. The fraction of sp³-hybridized carbons (Fsp3) is 0. The Morgan fingerprint density at radius 3 is 2.84 bits per heavy atom. The first-order chi connectivity index (χ1) is 9.24. The van der Waals surface area contributed by atoms with E-state index in [1.807, 2.05) is 24.3 Å². The van der Waals surface area contributed by atoms with Crippen LogP contribution >= 0.6 is 34.7 Å². The van der Waals surface area contributed by atoms with Crippen molar-refractivity contribution in [1.82, 2.24) is 9.97 Å². The molecule has 92 valence electrons. The van der Waals surface area contributed by atoms with Gasteiger partial charge in [-0.15, -0.1) is 11.3 Å². The summed E-state index contributed by atoms with van der Waals surface area (Å²) in [5.74, 6) is 0. The van der Waals surface area contributed by atoms with Crippen LogP contribution in [0.15, 0.2) is 45.8 Å².